The van der Waals surface area contributed by atoms with Gasteiger partial charge in [-0.15, -0.1) is 13.0 Å². The molecule has 2 nitrogen and oxygen atoms in total. The van der Waals surface area contributed by atoms with Gasteiger partial charge in [0.15, 0.2) is 5.78 Å². The van der Waals surface area contributed by atoms with Crippen molar-refractivity contribution >= 4 is 5.78 Å². The number of terminal acetylenes is 1. The normalized spacial score (nSPS) is 13.8. The Balaban J connectivity index is 4.28. The first-order valence-corrected chi connectivity index (χ1v) is 3.96. The summed E-state index contributed by atoms with van der Waals surface area (Å²) in [7, 11) is 0. The van der Waals surface area contributed by atoms with Gasteiger partial charge in [0.1, 0.15) is 5.60 Å². The average Bonchev–Trinajstić information content (AvgIpc) is 2.14. The fourth-order valence-electron chi connectivity index (χ4n) is 0.791. The molecular weight excluding hydrogens is 164 g/mol. The molecule has 0 N–H and O–H groups in total. The van der Waals surface area contributed by atoms with E-state index < -0.39 is 5.60 Å². The van der Waals surface area contributed by atoms with Crippen molar-refractivity contribution in [2.24, 2.45) is 0 Å². The van der Waals surface area contributed by atoms with Crippen LogP contribution in [0.15, 0.2) is 25.3 Å². The van der Waals surface area contributed by atoms with Crippen LogP contribution < -0.4 is 0 Å². The van der Waals surface area contributed by atoms with Gasteiger partial charge in [-0.2, -0.15) is 0 Å². The number of rotatable bonds is 6. The minimum atomic E-state index is -0.848. The Morgan fingerprint density at radius 2 is 2.31 bits per heavy atom. The van der Waals surface area contributed by atoms with E-state index in [4.69, 9.17) is 11.2 Å². The van der Waals surface area contributed by atoms with Crippen LogP contribution in [0.4, 0.5) is 0 Å². The molecule has 2 heteroatoms. The molecule has 0 bridgehead atoms. The van der Waals surface area contributed by atoms with Crippen LogP contribution in [0.5, 0.6) is 0 Å². The van der Waals surface area contributed by atoms with Crippen LogP contribution >= 0.6 is 0 Å². The highest BCUT2D eigenvalue weighted by molar-refractivity contribution is 5.90. The van der Waals surface area contributed by atoms with Crippen molar-refractivity contribution in [3.05, 3.63) is 25.3 Å². The topological polar surface area (TPSA) is 26.3 Å². The first kappa shape index (κ1) is 11.7. The summed E-state index contributed by atoms with van der Waals surface area (Å²) in [6.45, 7) is 8.89. The Hall–Kier alpha value is -1.33. The van der Waals surface area contributed by atoms with E-state index in [1.165, 1.54) is 6.08 Å². The van der Waals surface area contributed by atoms with Gasteiger partial charge in [-0.05, 0) is 13.0 Å². The predicted molar refractivity (Wildman–Crippen MR) is 53.2 cm³/mol. The van der Waals surface area contributed by atoms with Gasteiger partial charge in [-0.1, -0.05) is 18.6 Å². The quantitative estimate of drug-likeness (QED) is 0.352. The molecule has 0 aliphatic rings. The monoisotopic (exact) mass is 178 g/mol. The standard InChI is InChI=1S/C11H14O2/c1-5-8-13-11(4,7-3)9-10(12)6-2/h3,5-6H,1-2,8-9H2,4H3. The van der Waals surface area contributed by atoms with E-state index >= 15 is 0 Å². The van der Waals surface area contributed by atoms with E-state index in [0.29, 0.717) is 6.61 Å². The van der Waals surface area contributed by atoms with E-state index in [0.717, 1.165) is 0 Å². The maximum Gasteiger partial charge on any atom is 0.158 e. The van der Waals surface area contributed by atoms with Crippen molar-refractivity contribution in [1.82, 2.24) is 0 Å². The van der Waals surface area contributed by atoms with Gasteiger partial charge in [0.2, 0.25) is 0 Å². The summed E-state index contributed by atoms with van der Waals surface area (Å²) in [6, 6.07) is 0. The van der Waals surface area contributed by atoms with Gasteiger partial charge in [0, 0.05) is 0 Å². The second-order valence-electron chi connectivity index (χ2n) is 2.82. The van der Waals surface area contributed by atoms with Crippen LogP contribution in [0.2, 0.25) is 0 Å². The highest BCUT2D eigenvalue weighted by Crippen LogP contribution is 2.14. The first-order valence-electron chi connectivity index (χ1n) is 3.96. The van der Waals surface area contributed by atoms with Crippen molar-refractivity contribution in [3.63, 3.8) is 0 Å². The maximum absolute atomic E-state index is 11.0. The van der Waals surface area contributed by atoms with Crippen molar-refractivity contribution < 1.29 is 9.53 Å². The second kappa shape index (κ2) is 5.34. The summed E-state index contributed by atoms with van der Waals surface area (Å²) in [5.41, 5.74) is -0.848. The molecule has 0 aromatic heterocycles. The van der Waals surface area contributed by atoms with Crippen LogP contribution in [-0.2, 0) is 9.53 Å². The van der Waals surface area contributed by atoms with E-state index in [-0.39, 0.29) is 12.2 Å². The third-order valence-corrected chi connectivity index (χ3v) is 1.56. The number of allylic oxidation sites excluding steroid dienone is 1. The third kappa shape index (κ3) is 4.29. The molecule has 1 atom stereocenters. The molecule has 0 rings (SSSR count). The first-order chi connectivity index (χ1) is 6.08. The SMILES string of the molecule is C#CC(C)(CC(=O)C=C)OCC=C. The van der Waals surface area contributed by atoms with Crippen LogP contribution in [-0.4, -0.2) is 18.0 Å². The minimum Gasteiger partial charge on any atom is -0.358 e. The Morgan fingerprint density at radius 3 is 2.69 bits per heavy atom. The third-order valence-electron chi connectivity index (χ3n) is 1.56. The van der Waals surface area contributed by atoms with Gasteiger partial charge in [-0.25, -0.2) is 0 Å². The summed E-state index contributed by atoms with van der Waals surface area (Å²) in [4.78, 5) is 11.0. The largest absolute Gasteiger partial charge is 0.358 e. The summed E-state index contributed by atoms with van der Waals surface area (Å²) in [5, 5.41) is 0. The molecule has 0 aliphatic carbocycles. The second-order valence-corrected chi connectivity index (χ2v) is 2.82. The number of carbonyl (C=O) groups excluding carboxylic acids is 1. The molecule has 0 aromatic rings. The number of carbonyl (C=O) groups is 1. The molecule has 0 aliphatic heterocycles. The summed E-state index contributed by atoms with van der Waals surface area (Å²) >= 11 is 0. The lowest BCUT2D eigenvalue weighted by Crippen LogP contribution is -2.29. The number of ether oxygens (including phenoxy) is 1. The van der Waals surface area contributed by atoms with Crippen molar-refractivity contribution in [2.75, 3.05) is 6.61 Å². The maximum atomic E-state index is 11.0. The summed E-state index contributed by atoms with van der Waals surface area (Å²) in [6.07, 6.45) is 8.24. The zero-order chi connectivity index (χ0) is 10.3. The molecule has 0 fully saturated rings. The van der Waals surface area contributed by atoms with Gasteiger partial charge in [0.05, 0.1) is 13.0 Å². The Bertz CT molecular complexity index is 247. The molecule has 0 amide bonds. The molecule has 0 saturated heterocycles. The van der Waals surface area contributed by atoms with Crippen molar-refractivity contribution in [3.8, 4) is 12.3 Å². The Kier molecular flexibility index (Phi) is 4.79. The van der Waals surface area contributed by atoms with Gasteiger partial charge in [-0.3, -0.25) is 4.79 Å². The lowest BCUT2D eigenvalue weighted by Gasteiger charge is -2.21. The van der Waals surface area contributed by atoms with E-state index in [2.05, 4.69) is 19.1 Å². The lowest BCUT2D eigenvalue weighted by molar-refractivity contribution is -0.118. The average molecular weight is 178 g/mol. The highest BCUT2D eigenvalue weighted by atomic mass is 16.5. The fraction of sp³-hybridized carbons (Fsp3) is 0.364. The van der Waals surface area contributed by atoms with Crippen LogP contribution in [0.3, 0.4) is 0 Å². The summed E-state index contributed by atoms with van der Waals surface area (Å²) < 4.78 is 5.28. The smallest absolute Gasteiger partial charge is 0.158 e. The minimum absolute atomic E-state index is 0.121. The van der Waals surface area contributed by atoms with Gasteiger partial charge in [0.25, 0.3) is 0 Å². The van der Waals surface area contributed by atoms with Crippen LogP contribution in [0.25, 0.3) is 0 Å². The highest BCUT2D eigenvalue weighted by Gasteiger charge is 2.23. The van der Waals surface area contributed by atoms with E-state index in [1.807, 2.05) is 0 Å². The molecule has 0 saturated carbocycles. The van der Waals surface area contributed by atoms with Crippen molar-refractivity contribution in [1.29, 1.82) is 0 Å². The van der Waals surface area contributed by atoms with Gasteiger partial charge < -0.3 is 4.74 Å². The number of ketones is 1. The molecular formula is C11H14O2. The molecule has 70 valence electrons. The molecule has 0 aromatic carbocycles. The molecule has 0 radical (unpaired) electrons. The van der Waals surface area contributed by atoms with E-state index in [9.17, 15) is 4.79 Å². The molecule has 0 heterocycles. The number of hydrogen-bond acceptors (Lipinski definition) is 2. The predicted octanol–water partition coefficient (Wildman–Crippen LogP) is 1.73. The zero-order valence-corrected chi connectivity index (χ0v) is 7.88. The molecule has 1 unspecified atom stereocenters. The lowest BCUT2D eigenvalue weighted by atomic mass is 10.0. The zero-order valence-electron chi connectivity index (χ0n) is 7.88. The Labute approximate surface area is 79.3 Å². The molecule has 0 spiro atoms. The number of hydrogen-bond donors (Lipinski definition) is 0. The summed E-state index contributed by atoms with van der Waals surface area (Å²) in [5.74, 6) is 2.32. The van der Waals surface area contributed by atoms with E-state index in [1.54, 1.807) is 13.0 Å². The molecule has 13 heavy (non-hydrogen) atoms. The fourth-order valence-corrected chi connectivity index (χ4v) is 0.791. The van der Waals surface area contributed by atoms with Crippen LogP contribution in [0.1, 0.15) is 13.3 Å². The Morgan fingerprint density at radius 1 is 1.69 bits per heavy atom. The van der Waals surface area contributed by atoms with Gasteiger partial charge >= 0.3 is 0 Å². The van der Waals surface area contributed by atoms with Crippen molar-refractivity contribution in [2.45, 2.75) is 18.9 Å². The van der Waals surface area contributed by atoms with Crippen LogP contribution in [0, 0.1) is 12.3 Å².